The minimum Gasteiger partial charge on any atom is -0.363 e. The molecule has 0 aliphatic heterocycles. The van der Waals surface area contributed by atoms with Crippen LogP contribution in [-0.2, 0) is 4.79 Å². The molecule has 0 aromatic heterocycles. The van der Waals surface area contributed by atoms with Crippen LogP contribution in [0.2, 0.25) is 0 Å². The van der Waals surface area contributed by atoms with Crippen LogP contribution in [0.25, 0.3) is 5.57 Å². The minimum atomic E-state index is -0.282. The van der Waals surface area contributed by atoms with E-state index in [1.807, 2.05) is 19.1 Å². The van der Waals surface area contributed by atoms with Crippen molar-refractivity contribution in [2.75, 3.05) is 11.4 Å². The molecule has 1 aromatic rings. The molecule has 2 rings (SSSR count). The highest BCUT2D eigenvalue weighted by atomic mass is 16.6. The van der Waals surface area contributed by atoms with Gasteiger partial charge in [-0.05, 0) is 55.4 Å². The van der Waals surface area contributed by atoms with E-state index in [-0.39, 0.29) is 16.4 Å². The molecule has 5 nitrogen and oxygen atoms in total. The van der Waals surface area contributed by atoms with Gasteiger partial charge in [-0.3, -0.25) is 14.9 Å². The summed E-state index contributed by atoms with van der Waals surface area (Å²) in [5.41, 5.74) is 2.45. The normalized spacial score (nSPS) is 15.8. The van der Waals surface area contributed by atoms with Gasteiger partial charge in [-0.1, -0.05) is 46.1 Å². The SMILES string of the molecule is CC/C(=C\C(C)=O)c1ccc(N(CC(C)C)C2CCCCC2)c([N+](=O)[O-])c1. The molecule has 148 valence electrons. The van der Waals surface area contributed by atoms with E-state index >= 15 is 0 Å². The molecule has 0 spiro atoms. The van der Waals surface area contributed by atoms with E-state index in [0.29, 0.717) is 24.1 Å². The number of benzene rings is 1. The minimum absolute atomic E-state index is 0.0396. The molecule has 0 heterocycles. The molecule has 0 amide bonds. The van der Waals surface area contributed by atoms with Crippen molar-refractivity contribution in [1.29, 1.82) is 0 Å². The van der Waals surface area contributed by atoms with Crippen molar-refractivity contribution in [2.45, 2.75) is 72.3 Å². The molecule has 0 radical (unpaired) electrons. The summed E-state index contributed by atoms with van der Waals surface area (Å²) in [6.07, 6.45) is 8.05. The van der Waals surface area contributed by atoms with Crippen LogP contribution in [0, 0.1) is 16.0 Å². The highest BCUT2D eigenvalue weighted by Gasteiger charge is 2.28. The first-order valence-electron chi connectivity index (χ1n) is 10.1. The van der Waals surface area contributed by atoms with Crippen molar-refractivity contribution in [3.8, 4) is 0 Å². The van der Waals surface area contributed by atoms with Crippen molar-refractivity contribution in [3.05, 3.63) is 40.0 Å². The number of rotatable bonds is 8. The lowest BCUT2D eigenvalue weighted by atomic mass is 9.92. The second-order valence-corrected chi connectivity index (χ2v) is 7.93. The van der Waals surface area contributed by atoms with Crippen LogP contribution in [0.4, 0.5) is 11.4 Å². The summed E-state index contributed by atoms with van der Waals surface area (Å²) >= 11 is 0. The number of carbonyl (C=O) groups is 1. The van der Waals surface area contributed by atoms with Gasteiger partial charge in [0.25, 0.3) is 5.69 Å². The van der Waals surface area contributed by atoms with Crippen molar-refractivity contribution in [2.24, 2.45) is 5.92 Å². The standard InChI is InChI=1S/C22H32N2O3/c1-5-18(13-17(4)25)19-11-12-21(22(14-19)24(26)27)23(15-16(2)3)20-9-7-6-8-10-20/h11-14,16,20H,5-10,15H2,1-4H3/b18-13+. The van der Waals surface area contributed by atoms with E-state index in [2.05, 4.69) is 18.7 Å². The Morgan fingerprint density at radius 3 is 2.48 bits per heavy atom. The molecule has 1 aromatic carbocycles. The summed E-state index contributed by atoms with van der Waals surface area (Å²) < 4.78 is 0. The molecule has 1 fully saturated rings. The number of anilines is 1. The van der Waals surface area contributed by atoms with Gasteiger partial charge >= 0.3 is 0 Å². The predicted molar refractivity (Wildman–Crippen MR) is 111 cm³/mol. The molecule has 0 bridgehead atoms. The second-order valence-electron chi connectivity index (χ2n) is 7.93. The number of hydrogen-bond donors (Lipinski definition) is 0. The fraction of sp³-hybridized carbons (Fsp3) is 0.591. The lowest BCUT2D eigenvalue weighted by Crippen LogP contribution is -2.39. The average Bonchev–Trinajstić information content (AvgIpc) is 2.64. The summed E-state index contributed by atoms with van der Waals surface area (Å²) in [7, 11) is 0. The Hall–Kier alpha value is -2.17. The van der Waals surface area contributed by atoms with E-state index in [1.54, 1.807) is 12.1 Å². The van der Waals surface area contributed by atoms with Gasteiger partial charge in [0.05, 0.1) is 4.92 Å². The quantitative estimate of drug-likeness (QED) is 0.330. The number of carbonyl (C=O) groups excluding carboxylic acids is 1. The van der Waals surface area contributed by atoms with Gasteiger partial charge in [-0.25, -0.2) is 0 Å². The van der Waals surface area contributed by atoms with Crippen LogP contribution in [0.5, 0.6) is 0 Å². The first-order valence-corrected chi connectivity index (χ1v) is 10.1. The van der Waals surface area contributed by atoms with E-state index in [4.69, 9.17) is 0 Å². The molecular formula is C22H32N2O3. The van der Waals surface area contributed by atoms with Gasteiger partial charge < -0.3 is 4.90 Å². The van der Waals surface area contributed by atoms with Crippen LogP contribution in [-0.4, -0.2) is 23.3 Å². The van der Waals surface area contributed by atoms with Gasteiger partial charge in [0.15, 0.2) is 5.78 Å². The Bertz CT molecular complexity index is 704. The maximum atomic E-state index is 11.9. The summed E-state index contributed by atoms with van der Waals surface area (Å²) in [4.78, 5) is 25.3. The number of nitro groups is 1. The van der Waals surface area contributed by atoms with Gasteiger partial charge in [0, 0.05) is 18.7 Å². The maximum absolute atomic E-state index is 11.9. The Balaban J connectivity index is 2.49. The lowest BCUT2D eigenvalue weighted by molar-refractivity contribution is -0.384. The Morgan fingerprint density at radius 2 is 1.96 bits per heavy atom. The number of allylic oxidation sites excluding steroid dienone is 2. The Morgan fingerprint density at radius 1 is 1.30 bits per heavy atom. The summed E-state index contributed by atoms with van der Waals surface area (Å²) in [6, 6.07) is 5.82. The molecular weight excluding hydrogens is 340 g/mol. The van der Waals surface area contributed by atoms with Crippen molar-refractivity contribution in [1.82, 2.24) is 0 Å². The van der Waals surface area contributed by atoms with E-state index in [1.165, 1.54) is 26.2 Å². The summed E-state index contributed by atoms with van der Waals surface area (Å²) in [5.74, 6) is 0.386. The van der Waals surface area contributed by atoms with Gasteiger partial charge in [-0.2, -0.15) is 0 Å². The van der Waals surface area contributed by atoms with Gasteiger partial charge in [-0.15, -0.1) is 0 Å². The second kappa shape index (κ2) is 9.67. The Kier molecular flexibility index (Phi) is 7.57. The van der Waals surface area contributed by atoms with E-state index < -0.39 is 0 Å². The highest BCUT2D eigenvalue weighted by molar-refractivity contribution is 5.95. The van der Waals surface area contributed by atoms with Gasteiger partial charge in [0.2, 0.25) is 0 Å². The van der Waals surface area contributed by atoms with Crippen LogP contribution >= 0.6 is 0 Å². The van der Waals surface area contributed by atoms with Crippen LogP contribution in [0.3, 0.4) is 0 Å². The monoisotopic (exact) mass is 372 g/mol. The molecule has 0 saturated heterocycles. The van der Waals surface area contributed by atoms with Gasteiger partial charge in [0.1, 0.15) is 5.69 Å². The molecule has 0 atom stereocenters. The van der Waals surface area contributed by atoms with Crippen LogP contribution < -0.4 is 4.90 Å². The number of nitrogens with zero attached hydrogens (tertiary/aromatic N) is 2. The number of hydrogen-bond acceptors (Lipinski definition) is 4. The third-order valence-corrected chi connectivity index (χ3v) is 5.19. The fourth-order valence-electron chi connectivity index (χ4n) is 3.98. The fourth-order valence-corrected chi connectivity index (χ4v) is 3.98. The van der Waals surface area contributed by atoms with Crippen LogP contribution in [0.15, 0.2) is 24.3 Å². The molecule has 27 heavy (non-hydrogen) atoms. The zero-order valence-electron chi connectivity index (χ0n) is 17.0. The zero-order valence-corrected chi connectivity index (χ0v) is 17.0. The molecule has 5 heteroatoms. The molecule has 0 N–H and O–H groups in total. The third-order valence-electron chi connectivity index (χ3n) is 5.19. The maximum Gasteiger partial charge on any atom is 0.293 e. The van der Waals surface area contributed by atoms with Crippen molar-refractivity contribution < 1.29 is 9.72 Å². The first kappa shape index (κ1) is 21.1. The molecule has 0 unspecified atom stereocenters. The molecule has 1 saturated carbocycles. The average molecular weight is 373 g/mol. The summed E-state index contributed by atoms with van der Waals surface area (Å²) in [6.45, 7) is 8.59. The zero-order chi connectivity index (χ0) is 20.0. The smallest absolute Gasteiger partial charge is 0.293 e. The van der Waals surface area contributed by atoms with Crippen molar-refractivity contribution >= 4 is 22.7 Å². The topological polar surface area (TPSA) is 63.5 Å². The lowest BCUT2D eigenvalue weighted by Gasteiger charge is -2.37. The largest absolute Gasteiger partial charge is 0.363 e. The number of nitro benzene ring substituents is 1. The summed E-state index contributed by atoms with van der Waals surface area (Å²) in [5, 5.41) is 11.9. The van der Waals surface area contributed by atoms with Crippen molar-refractivity contribution in [3.63, 3.8) is 0 Å². The third kappa shape index (κ3) is 5.65. The Labute approximate surface area is 162 Å². The highest BCUT2D eigenvalue weighted by Crippen LogP contribution is 2.36. The number of ketones is 1. The van der Waals surface area contributed by atoms with E-state index in [9.17, 15) is 14.9 Å². The van der Waals surface area contributed by atoms with E-state index in [0.717, 1.165) is 30.5 Å². The molecule has 1 aliphatic carbocycles. The first-order chi connectivity index (χ1) is 12.8. The van der Waals surface area contributed by atoms with Crippen LogP contribution in [0.1, 0.15) is 71.8 Å². The predicted octanol–water partition coefficient (Wildman–Crippen LogP) is 5.77. The molecule has 1 aliphatic rings.